The molecule has 190 valence electrons. The number of tetrazole rings is 1. The van der Waals surface area contributed by atoms with E-state index in [9.17, 15) is 4.79 Å². The zero-order valence-electron chi connectivity index (χ0n) is 21.4. The highest BCUT2D eigenvalue weighted by molar-refractivity contribution is 5.95. The molecule has 1 amide bonds. The number of anilines is 2. The summed E-state index contributed by atoms with van der Waals surface area (Å²) in [6.07, 6.45) is 2.86. The number of carbonyl (C=O) groups is 1. The quantitative estimate of drug-likeness (QED) is 0.280. The van der Waals surface area contributed by atoms with Gasteiger partial charge in [0, 0.05) is 29.9 Å². The van der Waals surface area contributed by atoms with Gasteiger partial charge in [-0.2, -0.15) is 4.80 Å². The van der Waals surface area contributed by atoms with E-state index >= 15 is 0 Å². The molecule has 8 nitrogen and oxygen atoms in total. The van der Waals surface area contributed by atoms with Crippen LogP contribution in [0.2, 0.25) is 0 Å². The maximum atomic E-state index is 13.2. The van der Waals surface area contributed by atoms with E-state index in [0.29, 0.717) is 44.0 Å². The standard InChI is InChI=1S/C29H32N6O2/c1-20-8-3-14-27(21(20)2)37-17-7-15-28(36)34-16-6-12-24-25(11-5-13-26(24)34)29-31-33-35(32-29)19-22-9-4-10-23(30)18-22/h3-5,8-11,13-14,18H,6-7,12,15-17,19,30H2,1-2H3. The van der Waals surface area contributed by atoms with Crippen molar-refractivity contribution in [3.8, 4) is 17.1 Å². The summed E-state index contributed by atoms with van der Waals surface area (Å²) in [6, 6.07) is 19.7. The van der Waals surface area contributed by atoms with Crippen molar-refractivity contribution in [1.82, 2.24) is 20.2 Å². The molecular weight excluding hydrogens is 464 g/mol. The van der Waals surface area contributed by atoms with Gasteiger partial charge >= 0.3 is 0 Å². The average Bonchev–Trinajstić information content (AvgIpc) is 3.36. The number of ether oxygens (including phenoxy) is 1. The number of hydrogen-bond donors (Lipinski definition) is 1. The van der Waals surface area contributed by atoms with Gasteiger partial charge < -0.3 is 15.4 Å². The van der Waals surface area contributed by atoms with Crippen LogP contribution in [-0.2, 0) is 17.8 Å². The highest BCUT2D eigenvalue weighted by Crippen LogP contribution is 2.34. The molecule has 1 aromatic heterocycles. The van der Waals surface area contributed by atoms with Crippen LogP contribution in [0, 0.1) is 13.8 Å². The SMILES string of the molecule is Cc1cccc(OCCCC(=O)N2CCCc3c(-c4nnn(Cc5cccc(N)c5)n4)cccc32)c1C. The van der Waals surface area contributed by atoms with E-state index in [1.807, 2.05) is 59.5 Å². The number of rotatable bonds is 8. The van der Waals surface area contributed by atoms with E-state index < -0.39 is 0 Å². The Morgan fingerprint density at radius 1 is 1.08 bits per heavy atom. The molecule has 2 N–H and O–H groups in total. The minimum Gasteiger partial charge on any atom is -0.493 e. The summed E-state index contributed by atoms with van der Waals surface area (Å²) in [5.74, 6) is 1.56. The number of aryl methyl sites for hydroxylation is 1. The number of benzene rings is 3. The summed E-state index contributed by atoms with van der Waals surface area (Å²) in [5.41, 5.74) is 12.9. The Morgan fingerprint density at radius 3 is 2.78 bits per heavy atom. The fourth-order valence-corrected chi connectivity index (χ4v) is 4.79. The minimum atomic E-state index is 0.112. The molecule has 0 fully saturated rings. The molecule has 8 heteroatoms. The van der Waals surface area contributed by atoms with Crippen LogP contribution in [-0.4, -0.2) is 39.3 Å². The van der Waals surface area contributed by atoms with Gasteiger partial charge in [0.2, 0.25) is 11.7 Å². The van der Waals surface area contributed by atoms with Gasteiger partial charge in [-0.1, -0.05) is 36.4 Å². The minimum absolute atomic E-state index is 0.112. The number of hydrogen-bond acceptors (Lipinski definition) is 6. The van der Waals surface area contributed by atoms with Gasteiger partial charge in [0.1, 0.15) is 5.75 Å². The number of aromatic nitrogens is 4. The molecule has 3 aromatic carbocycles. The smallest absolute Gasteiger partial charge is 0.227 e. The molecule has 0 bridgehead atoms. The van der Waals surface area contributed by atoms with Crippen LogP contribution in [0.15, 0.2) is 60.7 Å². The summed E-state index contributed by atoms with van der Waals surface area (Å²) in [5, 5.41) is 13.2. The zero-order valence-corrected chi connectivity index (χ0v) is 21.4. The van der Waals surface area contributed by atoms with Crippen molar-refractivity contribution in [2.45, 2.75) is 46.1 Å². The van der Waals surface area contributed by atoms with E-state index in [1.54, 1.807) is 4.80 Å². The van der Waals surface area contributed by atoms with Crippen LogP contribution in [0.25, 0.3) is 11.4 Å². The van der Waals surface area contributed by atoms with Gasteiger partial charge in [-0.15, -0.1) is 10.2 Å². The monoisotopic (exact) mass is 496 g/mol. The lowest BCUT2D eigenvalue weighted by atomic mass is 9.95. The Labute approximate surface area is 217 Å². The maximum absolute atomic E-state index is 13.2. The molecule has 0 atom stereocenters. The third kappa shape index (κ3) is 5.48. The molecule has 5 rings (SSSR count). The first kappa shape index (κ1) is 24.5. The van der Waals surface area contributed by atoms with Gasteiger partial charge in [-0.3, -0.25) is 4.79 Å². The topological polar surface area (TPSA) is 99.2 Å². The van der Waals surface area contributed by atoms with Gasteiger partial charge in [-0.25, -0.2) is 0 Å². The Bertz CT molecular complexity index is 1410. The zero-order chi connectivity index (χ0) is 25.8. The van der Waals surface area contributed by atoms with Crippen molar-refractivity contribution in [2.24, 2.45) is 0 Å². The van der Waals surface area contributed by atoms with Crippen molar-refractivity contribution in [3.63, 3.8) is 0 Å². The van der Waals surface area contributed by atoms with E-state index in [-0.39, 0.29) is 5.91 Å². The first-order chi connectivity index (χ1) is 18.0. The van der Waals surface area contributed by atoms with Crippen LogP contribution in [0.4, 0.5) is 11.4 Å². The van der Waals surface area contributed by atoms with Crippen LogP contribution < -0.4 is 15.4 Å². The number of fused-ring (bicyclic) bond motifs is 1. The fraction of sp³-hybridized carbons (Fsp3) is 0.310. The van der Waals surface area contributed by atoms with E-state index in [0.717, 1.165) is 46.5 Å². The summed E-state index contributed by atoms with van der Waals surface area (Å²) in [6.45, 7) is 5.84. The van der Waals surface area contributed by atoms with E-state index in [1.165, 1.54) is 5.56 Å². The Hall–Kier alpha value is -4.20. The predicted octanol–water partition coefficient (Wildman–Crippen LogP) is 4.73. The summed E-state index contributed by atoms with van der Waals surface area (Å²) >= 11 is 0. The Balaban J connectivity index is 1.26. The van der Waals surface area contributed by atoms with E-state index in [4.69, 9.17) is 10.5 Å². The molecule has 0 radical (unpaired) electrons. The normalized spacial score (nSPS) is 12.9. The van der Waals surface area contributed by atoms with E-state index in [2.05, 4.69) is 35.3 Å². The third-order valence-electron chi connectivity index (χ3n) is 6.87. The summed E-state index contributed by atoms with van der Waals surface area (Å²) in [4.78, 5) is 16.7. The second kappa shape index (κ2) is 10.8. The number of amides is 1. The largest absolute Gasteiger partial charge is 0.493 e. The second-order valence-electron chi connectivity index (χ2n) is 9.49. The molecule has 0 aliphatic carbocycles. The van der Waals surface area contributed by atoms with Crippen LogP contribution in [0.5, 0.6) is 5.75 Å². The number of nitrogens with two attached hydrogens (primary N) is 1. The molecular formula is C29H32N6O2. The number of carbonyl (C=O) groups excluding carboxylic acids is 1. The van der Waals surface area contributed by atoms with Crippen molar-refractivity contribution in [2.75, 3.05) is 23.8 Å². The summed E-state index contributed by atoms with van der Waals surface area (Å²) < 4.78 is 5.95. The van der Waals surface area contributed by atoms with Gasteiger partial charge in [0.15, 0.2) is 0 Å². The number of nitrogens with zero attached hydrogens (tertiary/aromatic N) is 5. The fourth-order valence-electron chi connectivity index (χ4n) is 4.79. The van der Waals surface area contributed by atoms with Crippen molar-refractivity contribution in [3.05, 3.63) is 82.9 Å². The first-order valence-corrected chi connectivity index (χ1v) is 12.7. The van der Waals surface area contributed by atoms with Crippen molar-refractivity contribution in [1.29, 1.82) is 0 Å². The molecule has 1 aliphatic heterocycles. The summed E-state index contributed by atoms with van der Waals surface area (Å²) in [7, 11) is 0. The second-order valence-corrected chi connectivity index (χ2v) is 9.49. The Morgan fingerprint density at radius 2 is 1.92 bits per heavy atom. The third-order valence-corrected chi connectivity index (χ3v) is 6.87. The Kier molecular flexibility index (Phi) is 7.16. The lowest BCUT2D eigenvalue weighted by Gasteiger charge is -2.30. The first-order valence-electron chi connectivity index (χ1n) is 12.7. The van der Waals surface area contributed by atoms with Crippen LogP contribution in [0.1, 0.15) is 41.5 Å². The molecule has 0 saturated carbocycles. The molecule has 37 heavy (non-hydrogen) atoms. The molecule has 0 saturated heterocycles. The molecule has 2 heterocycles. The predicted molar refractivity (Wildman–Crippen MR) is 145 cm³/mol. The molecule has 4 aromatic rings. The van der Waals surface area contributed by atoms with Gasteiger partial charge in [-0.05, 0) is 84.8 Å². The molecule has 1 aliphatic rings. The maximum Gasteiger partial charge on any atom is 0.227 e. The van der Waals surface area contributed by atoms with Crippen LogP contribution >= 0.6 is 0 Å². The molecule has 0 unspecified atom stereocenters. The lowest BCUT2D eigenvalue weighted by Crippen LogP contribution is -2.35. The lowest BCUT2D eigenvalue weighted by molar-refractivity contribution is -0.118. The van der Waals surface area contributed by atoms with Crippen LogP contribution in [0.3, 0.4) is 0 Å². The molecule has 0 spiro atoms. The highest BCUT2D eigenvalue weighted by atomic mass is 16.5. The number of nitrogen functional groups attached to an aromatic ring is 1. The average molecular weight is 497 g/mol. The van der Waals surface area contributed by atoms with Gasteiger partial charge in [0.25, 0.3) is 0 Å². The van der Waals surface area contributed by atoms with Gasteiger partial charge in [0.05, 0.1) is 13.2 Å². The van der Waals surface area contributed by atoms with Crippen molar-refractivity contribution < 1.29 is 9.53 Å². The highest BCUT2D eigenvalue weighted by Gasteiger charge is 2.25. The van der Waals surface area contributed by atoms with Crippen molar-refractivity contribution >= 4 is 17.3 Å².